The van der Waals surface area contributed by atoms with E-state index in [-0.39, 0.29) is 5.56 Å². The number of pyridine rings is 1. The van der Waals surface area contributed by atoms with E-state index in [2.05, 4.69) is 26.1 Å². The smallest absolute Gasteiger partial charge is 0.250 e. The molecule has 3 nitrogen and oxygen atoms in total. The molecule has 96 valence electrons. The monoisotopic (exact) mass is 236 g/mol. The summed E-state index contributed by atoms with van der Waals surface area (Å²) in [6.07, 6.45) is 4.25. The predicted molar refractivity (Wildman–Crippen MR) is 72.2 cm³/mol. The van der Waals surface area contributed by atoms with Crippen LogP contribution in [0.25, 0.3) is 0 Å². The van der Waals surface area contributed by atoms with E-state index in [4.69, 9.17) is 0 Å². The van der Waals surface area contributed by atoms with Gasteiger partial charge >= 0.3 is 0 Å². The molecular formula is C14H24N2O. The van der Waals surface area contributed by atoms with Crippen molar-refractivity contribution in [1.82, 2.24) is 9.88 Å². The number of hydrogen-bond acceptors (Lipinski definition) is 2. The summed E-state index contributed by atoms with van der Waals surface area (Å²) in [6, 6.07) is 5.79. The van der Waals surface area contributed by atoms with Crippen LogP contribution in [0.5, 0.6) is 0 Å². The quantitative estimate of drug-likeness (QED) is 0.788. The predicted octanol–water partition coefficient (Wildman–Crippen LogP) is 2.26. The van der Waals surface area contributed by atoms with Gasteiger partial charge < -0.3 is 9.88 Å². The molecule has 0 spiro atoms. The molecule has 1 rings (SSSR count). The summed E-state index contributed by atoms with van der Waals surface area (Å²) in [4.78, 5) is 11.5. The molecule has 0 aromatic carbocycles. The zero-order chi connectivity index (χ0) is 12.7. The summed E-state index contributed by atoms with van der Waals surface area (Å²) >= 11 is 0. The SMILES string of the molecule is CCC(CC)C(C)NCCn1ccccc1=O. The molecule has 1 atom stereocenters. The van der Waals surface area contributed by atoms with Crippen LogP contribution < -0.4 is 10.9 Å². The standard InChI is InChI=1S/C14H24N2O/c1-4-13(5-2)12(3)15-9-11-16-10-7-6-8-14(16)17/h6-8,10,12-13,15H,4-5,9,11H2,1-3H3. The second-order valence-electron chi connectivity index (χ2n) is 4.55. The molecule has 0 saturated carbocycles. The minimum Gasteiger partial charge on any atom is -0.314 e. The van der Waals surface area contributed by atoms with Crippen LogP contribution in [-0.4, -0.2) is 17.2 Å². The summed E-state index contributed by atoms with van der Waals surface area (Å²) in [5, 5.41) is 3.50. The average molecular weight is 236 g/mol. The van der Waals surface area contributed by atoms with Crippen LogP contribution in [0.4, 0.5) is 0 Å². The molecule has 0 radical (unpaired) electrons. The van der Waals surface area contributed by atoms with Crippen molar-refractivity contribution in [3.05, 3.63) is 34.7 Å². The van der Waals surface area contributed by atoms with Gasteiger partial charge in [0, 0.05) is 31.4 Å². The van der Waals surface area contributed by atoms with Crippen molar-refractivity contribution in [2.75, 3.05) is 6.54 Å². The van der Waals surface area contributed by atoms with Crippen molar-refractivity contribution in [3.63, 3.8) is 0 Å². The van der Waals surface area contributed by atoms with E-state index < -0.39 is 0 Å². The van der Waals surface area contributed by atoms with Crippen molar-refractivity contribution >= 4 is 0 Å². The Hall–Kier alpha value is -1.09. The molecule has 0 aliphatic rings. The van der Waals surface area contributed by atoms with Gasteiger partial charge in [0.15, 0.2) is 0 Å². The first-order chi connectivity index (χ1) is 8.19. The van der Waals surface area contributed by atoms with E-state index in [1.165, 1.54) is 12.8 Å². The molecule has 1 heterocycles. The molecule has 0 saturated heterocycles. The summed E-state index contributed by atoms with van der Waals surface area (Å²) < 4.78 is 1.74. The lowest BCUT2D eigenvalue weighted by atomic mass is 9.95. The van der Waals surface area contributed by atoms with E-state index in [1.807, 2.05) is 12.3 Å². The second-order valence-corrected chi connectivity index (χ2v) is 4.55. The highest BCUT2D eigenvalue weighted by Gasteiger charge is 2.11. The van der Waals surface area contributed by atoms with Gasteiger partial charge in [-0.3, -0.25) is 4.79 Å². The van der Waals surface area contributed by atoms with Gasteiger partial charge in [0.1, 0.15) is 0 Å². The molecule has 1 unspecified atom stereocenters. The lowest BCUT2D eigenvalue weighted by Crippen LogP contribution is -2.36. The zero-order valence-electron chi connectivity index (χ0n) is 11.1. The first kappa shape index (κ1) is 14.0. The highest BCUT2D eigenvalue weighted by molar-refractivity contribution is 4.93. The molecule has 3 heteroatoms. The van der Waals surface area contributed by atoms with Gasteiger partial charge in [-0.2, -0.15) is 0 Å². The topological polar surface area (TPSA) is 34.0 Å². The fourth-order valence-electron chi connectivity index (χ4n) is 2.22. The molecule has 0 bridgehead atoms. The minimum absolute atomic E-state index is 0.0736. The van der Waals surface area contributed by atoms with Crippen LogP contribution in [-0.2, 0) is 6.54 Å². The molecule has 0 aliphatic carbocycles. The van der Waals surface area contributed by atoms with Gasteiger partial charge in [-0.1, -0.05) is 32.8 Å². The summed E-state index contributed by atoms with van der Waals surface area (Å²) in [7, 11) is 0. The van der Waals surface area contributed by atoms with Gasteiger partial charge in [-0.15, -0.1) is 0 Å². The van der Waals surface area contributed by atoms with Gasteiger partial charge in [0.25, 0.3) is 5.56 Å². The van der Waals surface area contributed by atoms with E-state index in [0.29, 0.717) is 6.04 Å². The Kier molecular flexibility index (Phi) is 5.98. The van der Waals surface area contributed by atoms with Gasteiger partial charge in [0.05, 0.1) is 0 Å². The lowest BCUT2D eigenvalue weighted by Gasteiger charge is -2.22. The Morgan fingerprint density at radius 2 is 2.00 bits per heavy atom. The molecule has 1 aromatic heterocycles. The van der Waals surface area contributed by atoms with Crippen molar-refractivity contribution in [1.29, 1.82) is 0 Å². The van der Waals surface area contributed by atoms with Crippen LogP contribution >= 0.6 is 0 Å². The van der Waals surface area contributed by atoms with Gasteiger partial charge in [-0.05, 0) is 18.9 Å². The third-order valence-corrected chi connectivity index (χ3v) is 3.47. The lowest BCUT2D eigenvalue weighted by molar-refractivity contribution is 0.349. The number of rotatable bonds is 7. The minimum atomic E-state index is 0.0736. The third-order valence-electron chi connectivity index (χ3n) is 3.47. The molecule has 0 aliphatic heterocycles. The van der Waals surface area contributed by atoms with Gasteiger partial charge in [-0.25, -0.2) is 0 Å². The Bertz CT molecular complexity index is 368. The molecule has 0 amide bonds. The largest absolute Gasteiger partial charge is 0.314 e. The zero-order valence-corrected chi connectivity index (χ0v) is 11.1. The highest BCUT2D eigenvalue weighted by atomic mass is 16.1. The van der Waals surface area contributed by atoms with Gasteiger partial charge in [0.2, 0.25) is 0 Å². The summed E-state index contributed by atoms with van der Waals surface area (Å²) in [5.74, 6) is 0.725. The first-order valence-electron chi connectivity index (χ1n) is 6.57. The number of nitrogens with zero attached hydrogens (tertiary/aromatic N) is 1. The highest BCUT2D eigenvalue weighted by Crippen LogP contribution is 2.12. The fourth-order valence-corrected chi connectivity index (χ4v) is 2.22. The van der Waals surface area contributed by atoms with Crippen LogP contribution in [0.1, 0.15) is 33.6 Å². The van der Waals surface area contributed by atoms with Crippen molar-refractivity contribution in [2.45, 2.75) is 46.2 Å². The van der Waals surface area contributed by atoms with E-state index in [1.54, 1.807) is 16.7 Å². The first-order valence-corrected chi connectivity index (χ1v) is 6.57. The van der Waals surface area contributed by atoms with E-state index in [9.17, 15) is 4.79 Å². The molecule has 1 N–H and O–H groups in total. The van der Waals surface area contributed by atoms with Crippen molar-refractivity contribution in [2.24, 2.45) is 5.92 Å². The third kappa shape index (κ3) is 4.35. The van der Waals surface area contributed by atoms with Crippen molar-refractivity contribution < 1.29 is 0 Å². The number of nitrogens with one attached hydrogen (secondary N) is 1. The van der Waals surface area contributed by atoms with Crippen LogP contribution in [0.15, 0.2) is 29.2 Å². The Labute approximate surface area is 104 Å². The van der Waals surface area contributed by atoms with E-state index >= 15 is 0 Å². The maximum absolute atomic E-state index is 11.5. The van der Waals surface area contributed by atoms with Crippen LogP contribution in [0.2, 0.25) is 0 Å². The molecular weight excluding hydrogens is 212 g/mol. The number of hydrogen-bond donors (Lipinski definition) is 1. The number of aromatic nitrogens is 1. The van der Waals surface area contributed by atoms with Crippen LogP contribution in [0, 0.1) is 5.92 Å². The van der Waals surface area contributed by atoms with E-state index in [0.717, 1.165) is 19.0 Å². The molecule has 1 aromatic rings. The fraction of sp³-hybridized carbons (Fsp3) is 0.643. The average Bonchev–Trinajstić information content (AvgIpc) is 2.33. The Balaban J connectivity index is 2.38. The Morgan fingerprint density at radius 1 is 1.29 bits per heavy atom. The van der Waals surface area contributed by atoms with Crippen molar-refractivity contribution in [3.8, 4) is 0 Å². The molecule has 0 fully saturated rings. The molecule has 17 heavy (non-hydrogen) atoms. The van der Waals surface area contributed by atoms with Crippen LogP contribution in [0.3, 0.4) is 0 Å². The summed E-state index contributed by atoms with van der Waals surface area (Å²) in [6.45, 7) is 8.28. The Morgan fingerprint density at radius 3 is 2.59 bits per heavy atom. The maximum atomic E-state index is 11.5. The second kappa shape index (κ2) is 7.28. The maximum Gasteiger partial charge on any atom is 0.250 e. The normalized spacial score (nSPS) is 12.9. The summed E-state index contributed by atoms with van der Waals surface area (Å²) in [5.41, 5.74) is 0.0736.